The van der Waals surface area contributed by atoms with Gasteiger partial charge in [-0.05, 0) is 18.8 Å². The molecule has 1 atom stereocenters. The van der Waals surface area contributed by atoms with E-state index in [2.05, 4.69) is 13.8 Å². The van der Waals surface area contributed by atoms with Crippen molar-refractivity contribution >= 4 is 10.4 Å². The van der Waals surface area contributed by atoms with Crippen LogP contribution in [0.4, 0.5) is 0 Å². The summed E-state index contributed by atoms with van der Waals surface area (Å²) in [7, 11) is -4.33. The molecule has 4 nitrogen and oxygen atoms in total. The van der Waals surface area contributed by atoms with Crippen molar-refractivity contribution in [3.8, 4) is 0 Å². The van der Waals surface area contributed by atoms with Crippen LogP contribution in [0, 0.1) is 5.92 Å². The van der Waals surface area contributed by atoms with Crippen molar-refractivity contribution in [2.75, 3.05) is 6.61 Å². The second-order valence-corrected chi connectivity index (χ2v) is 13.1. The number of rotatable bonds is 32. The Morgan fingerprint density at radius 1 is 0.447 bits per heavy atom. The van der Waals surface area contributed by atoms with Gasteiger partial charge in [0.2, 0.25) is 0 Å². The smallest absolute Gasteiger partial charge is 0.264 e. The molecule has 0 aromatic carbocycles. The molecule has 0 aliphatic carbocycles. The predicted molar refractivity (Wildman–Crippen MR) is 166 cm³/mol. The molecule has 0 radical (unpaired) electrons. The molecule has 1 N–H and O–H groups in total. The van der Waals surface area contributed by atoms with Gasteiger partial charge in [-0.1, -0.05) is 187 Å². The summed E-state index contributed by atoms with van der Waals surface area (Å²) < 4.78 is 35.7. The van der Waals surface area contributed by atoms with Gasteiger partial charge in [0.05, 0.1) is 6.61 Å². The first-order valence-corrected chi connectivity index (χ1v) is 18.5. The Hall–Kier alpha value is -0.130. The van der Waals surface area contributed by atoms with E-state index in [9.17, 15) is 8.42 Å². The molecule has 0 saturated heterocycles. The van der Waals surface area contributed by atoms with E-state index >= 15 is 0 Å². The van der Waals surface area contributed by atoms with E-state index in [0.29, 0.717) is 0 Å². The topological polar surface area (TPSA) is 63.6 Å². The molecular weight excluding hydrogens is 492 g/mol. The van der Waals surface area contributed by atoms with Gasteiger partial charge in [0.1, 0.15) is 0 Å². The normalized spacial score (nSPS) is 12.8. The number of unbranched alkanes of at least 4 members (excludes halogenated alkanes) is 25. The van der Waals surface area contributed by atoms with Crippen LogP contribution in [0.3, 0.4) is 0 Å². The molecule has 0 fully saturated rings. The first-order chi connectivity index (χ1) is 18.5. The molecule has 0 aliphatic rings. The zero-order valence-electron chi connectivity index (χ0n) is 25.9. The second kappa shape index (κ2) is 29.8. The molecule has 5 heteroatoms. The fourth-order valence-corrected chi connectivity index (χ4v) is 5.94. The quantitative estimate of drug-likeness (QED) is 0.0656. The van der Waals surface area contributed by atoms with Crippen LogP contribution in [0.2, 0.25) is 0 Å². The van der Waals surface area contributed by atoms with Crippen LogP contribution in [0.1, 0.15) is 200 Å². The van der Waals surface area contributed by atoms with Gasteiger partial charge in [-0.25, -0.2) is 4.18 Å². The molecule has 230 valence electrons. The zero-order valence-corrected chi connectivity index (χ0v) is 26.7. The van der Waals surface area contributed by atoms with Gasteiger partial charge in [0.25, 0.3) is 0 Å². The summed E-state index contributed by atoms with van der Waals surface area (Å²) in [6.07, 6.45) is 38.4. The van der Waals surface area contributed by atoms with Crippen LogP contribution in [0.15, 0.2) is 0 Å². The third-order valence-corrected chi connectivity index (χ3v) is 8.57. The third kappa shape index (κ3) is 32.1. The minimum absolute atomic E-state index is 0.133. The molecule has 0 saturated carbocycles. The van der Waals surface area contributed by atoms with Crippen molar-refractivity contribution in [3.05, 3.63) is 0 Å². The van der Waals surface area contributed by atoms with Crippen LogP contribution in [0.5, 0.6) is 0 Å². The predicted octanol–water partition coefficient (Wildman–Crippen LogP) is 11.8. The number of hydrogen-bond acceptors (Lipinski definition) is 3. The minimum atomic E-state index is -4.33. The molecule has 0 heterocycles. The SMILES string of the molecule is CCCCCCCCCCCCCCCCCCCCCC(CCCCCCCCCC)COS(=O)(=O)O. The Morgan fingerprint density at radius 3 is 0.921 bits per heavy atom. The van der Waals surface area contributed by atoms with E-state index in [-0.39, 0.29) is 12.5 Å². The fourth-order valence-electron chi connectivity index (χ4n) is 5.57. The van der Waals surface area contributed by atoms with Gasteiger partial charge < -0.3 is 0 Å². The monoisotopic (exact) mass is 560 g/mol. The summed E-state index contributed by atoms with van der Waals surface area (Å²) in [4.78, 5) is 0. The van der Waals surface area contributed by atoms with Crippen LogP contribution >= 0.6 is 0 Å². The lowest BCUT2D eigenvalue weighted by molar-refractivity contribution is 0.204. The first-order valence-electron chi connectivity index (χ1n) is 17.1. The van der Waals surface area contributed by atoms with Crippen LogP contribution in [0.25, 0.3) is 0 Å². The van der Waals surface area contributed by atoms with Crippen LogP contribution in [-0.4, -0.2) is 19.6 Å². The maximum absolute atomic E-state index is 11.0. The average Bonchev–Trinajstić information content (AvgIpc) is 2.89. The lowest BCUT2D eigenvalue weighted by atomic mass is 9.94. The number of hydrogen-bond donors (Lipinski definition) is 1. The maximum Gasteiger partial charge on any atom is 0.397 e. The van der Waals surface area contributed by atoms with Gasteiger partial charge in [-0.3, -0.25) is 4.55 Å². The summed E-state index contributed by atoms with van der Waals surface area (Å²) in [5.74, 6) is 0.239. The highest BCUT2D eigenvalue weighted by Crippen LogP contribution is 2.21. The molecule has 0 rings (SSSR count). The van der Waals surface area contributed by atoms with Gasteiger partial charge >= 0.3 is 10.4 Å². The first kappa shape index (κ1) is 37.9. The summed E-state index contributed by atoms with van der Waals surface area (Å²) >= 11 is 0. The van der Waals surface area contributed by atoms with Crippen molar-refractivity contribution in [1.29, 1.82) is 0 Å². The van der Waals surface area contributed by atoms with E-state index in [1.807, 2.05) is 0 Å². The van der Waals surface area contributed by atoms with E-state index in [1.165, 1.54) is 161 Å². The molecule has 0 spiro atoms. The Bertz CT molecular complexity index is 549. The lowest BCUT2D eigenvalue weighted by Gasteiger charge is -2.16. The van der Waals surface area contributed by atoms with Gasteiger partial charge in [-0.2, -0.15) is 8.42 Å². The lowest BCUT2D eigenvalue weighted by Crippen LogP contribution is -2.14. The van der Waals surface area contributed by atoms with Crippen LogP contribution in [-0.2, 0) is 14.6 Å². The summed E-state index contributed by atoms with van der Waals surface area (Å²) in [6, 6.07) is 0. The Labute approximate surface area is 239 Å². The molecule has 0 amide bonds. The Balaban J connectivity index is 3.58. The second-order valence-electron chi connectivity index (χ2n) is 12.0. The summed E-state index contributed by atoms with van der Waals surface area (Å²) in [6.45, 7) is 4.67. The summed E-state index contributed by atoms with van der Waals surface area (Å²) in [5, 5.41) is 0. The van der Waals surface area contributed by atoms with Gasteiger partial charge in [-0.15, -0.1) is 0 Å². The minimum Gasteiger partial charge on any atom is -0.264 e. The van der Waals surface area contributed by atoms with Crippen molar-refractivity contribution < 1.29 is 17.2 Å². The molecule has 1 unspecified atom stereocenters. The van der Waals surface area contributed by atoms with Gasteiger partial charge in [0, 0.05) is 0 Å². The fraction of sp³-hybridized carbons (Fsp3) is 1.00. The Morgan fingerprint density at radius 2 is 0.684 bits per heavy atom. The maximum atomic E-state index is 11.0. The van der Waals surface area contributed by atoms with Crippen molar-refractivity contribution in [2.24, 2.45) is 5.92 Å². The van der Waals surface area contributed by atoms with E-state index in [4.69, 9.17) is 8.74 Å². The van der Waals surface area contributed by atoms with Crippen LogP contribution < -0.4 is 0 Å². The molecule has 0 aliphatic heterocycles. The zero-order chi connectivity index (χ0) is 28.0. The standard InChI is InChI=1S/C33H68O4S/c1-3-5-7-9-11-13-14-15-16-17-18-19-20-21-22-23-25-27-29-31-33(32-37-38(34,35)36)30-28-26-24-12-10-8-6-4-2/h33H,3-32H2,1-2H3,(H,34,35,36). The highest BCUT2D eigenvalue weighted by Gasteiger charge is 2.13. The molecule has 0 bridgehead atoms. The van der Waals surface area contributed by atoms with E-state index in [0.717, 1.165) is 25.7 Å². The van der Waals surface area contributed by atoms with Crippen molar-refractivity contribution in [2.45, 2.75) is 200 Å². The van der Waals surface area contributed by atoms with Gasteiger partial charge in [0.15, 0.2) is 0 Å². The van der Waals surface area contributed by atoms with Crippen molar-refractivity contribution in [1.82, 2.24) is 0 Å². The van der Waals surface area contributed by atoms with E-state index in [1.54, 1.807) is 0 Å². The average molecular weight is 561 g/mol. The van der Waals surface area contributed by atoms with E-state index < -0.39 is 10.4 Å². The highest BCUT2D eigenvalue weighted by atomic mass is 32.3. The van der Waals surface area contributed by atoms with Crippen molar-refractivity contribution in [3.63, 3.8) is 0 Å². The largest absolute Gasteiger partial charge is 0.397 e. The molecule has 38 heavy (non-hydrogen) atoms. The molecule has 0 aromatic rings. The summed E-state index contributed by atoms with van der Waals surface area (Å²) in [5.41, 5.74) is 0. The Kier molecular flexibility index (Phi) is 29.7. The highest BCUT2D eigenvalue weighted by molar-refractivity contribution is 7.80. The molecular formula is C33H68O4S. The molecule has 0 aromatic heterocycles. The third-order valence-electron chi connectivity index (χ3n) is 8.13.